The minimum absolute atomic E-state index is 0.0360. The number of rotatable bonds is 10. The highest BCUT2D eigenvalue weighted by molar-refractivity contribution is 8.00. The maximum Gasteiger partial charge on any atom is 0.338 e. The Morgan fingerprint density at radius 1 is 0.913 bits per heavy atom. The van der Waals surface area contributed by atoms with Gasteiger partial charge in [0.05, 0.1) is 23.1 Å². The lowest BCUT2D eigenvalue weighted by Gasteiger charge is -2.15. The van der Waals surface area contributed by atoms with Crippen LogP contribution in [0.3, 0.4) is 0 Å². The van der Waals surface area contributed by atoms with Gasteiger partial charge in [0.15, 0.2) is 0 Å². The lowest BCUT2D eigenvalue weighted by molar-refractivity contribution is -0.121. The third-order valence-electron chi connectivity index (χ3n) is 6.80. The van der Waals surface area contributed by atoms with Crippen LogP contribution in [-0.4, -0.2) is 41.5 Å². The molecule has 4 aromatic carbocycles. The average molecular weight is 638 g/mol. The summed E-state index contributed by atoms with van der Waals surface area (Å²) in [5.74, 6) is -2.95. The van der Waals surface area contributed by atoms with Gasteiger partial charge in [-0.1, -0.05) is 36.4 Å². The first-order valence-corrected chi connectivity index (χ1v) is 15.2. The van der Waals surface area contributed by atoms with Crippen molar-refractivity contribution in [3.63, 3.8) is 0 Å². The van der Waals surface area contributed by atoms with E-state index in [4.69, 9.17) is 4.74 Å². The molecule has 0 aromatic heterocycles. The third-order valence-corrected chi connectivity index (χ3v) is 7.98. The van der Waals surface area contributed by atoms with Crippen LogP contribution in [0.15, 0.2) is 114 Å². The molecule has 0 spiro atoms. The number of carbonyl (C=O) groups is 5. The Labute approximate surface area is 268 Å². The highest BCUT2D eigenvalue weighted by atomic mass is 32.2. The fourth-order valence-corrected chi connectivity index (χ4v) is 5.76. The van der Waals surface area contributed by atoms with Crippen molar-refractivity contribution in [3.8, 4) is 0 Å². The van der Waals surface area contributed by atoms with Crippen molar-refractivity contribution in [3.05, 3.63) is 131 Å². The lowest BCUT2D eigenvalue weighted by atomic mass is 10.1. The number of hydrogen-bond donors (Lipinski definition) is 2. The topological polar surface area (TPSA) is 122 Å². The van der Waals surface area contributed by atoms with E-state index in [9.17, 15) is 28.4 Å². The Hall–Kier alpha value is -5.55. The molecule has 1 heterocycles. The van der Waals surface area contributed by atoms with Crippen LogP contribution in [0.25, 0.3) is 6.08 Å². The molecule has 0 aliphatic carbocycles. The molecule has 4 aromatic rings. The van der Waals surface area contributed by atoms with Crippen molar-refractivity contribution in [2.75, 3.05) is 16.8 Å². The molecular weight excluding hydrogens is 609 g/mol. The quantitative estimate of drug-likeness (QED) is 0.127. The number of halogens is 1. The maximum atomic E-state index is 13.9. The van der Waals surface area contributed by atoms with Crippen LogP contribution in [0, 0.1) is 5.82 Å². The third kappa shape index (κ3) is 7.74. The van der Waals surface area contributed by atoms with Crippen molar-refractivity contribution in [2.45, 2.75) is 23.5 Å². The molecule has 1 fully saturated rings. The Bertz CT molecular complexity index is 1830. The number of carbonyl (C=O) groups excluding carboxylic acids is 5. The SMILES string of the molecule is CCOC(=O)c1ccc(N2C(=O)CC(Sc3cccc(NC(=O)/C(=C/c4cccc(F)c4)NC(=O)c4ccccc4)c3)C2=O)cc1. The largest absolute Gasteiger partial charge is 0.462 e. The summed E-state index contributed by atoms with van der Waals surface area (Å²) in [5, 5.41) is 4.65. The molecule has 4 amide bonds. The van der Waals surface area contributed by atoms with E-state index in [0.717, 1.165) is 4.90 Å². The van der Waals surface area contributed by atoms with Crippen LogP contribution in [0.4, 0.5) is 15.8 Å². The minimum Gasteiger partial charge on any atom is -0.462 e. The Morgan fingerprint density at radius 3 is 2.37 bits per heavy atom. The molecular formula is C35H28FN3O6S. The van der Waals surface area contributed by atoms with E-state index >= 15 is 0 Å². The van der Waals surface area contributed by atoms with Gasteiger partial charge in [0.1, 0.15) is 11.5 Å². The zero-order chi connectivity index (χ0) is 32.6. The molecule has 0 radical (unpaired) electrons. The predicted octanol–water partition coefficient (Wildman–Crippen LogP) is 5.84. The molecule has 46 heavy (non-hydrogen) atoms. The Kier molecular flexibility index (Phi) is 10.0. The number of benzene rings is 4. The first-order chi connectivity index (χ1) is 22.2. The van der Waals surface area contributed by atoms with Crippen LogP contribution in [0.5, 0.6) is 0 Å². The summed E-state index contributed by atoms with van der Waals surface area (Å²) in [6.07, 6.45) is 1.33. The maximum absolute atomic E-state index is 13.9. The average Bonchev–Trinajstić information content (AvgIpc) is 3.33. The molecule has 232 valence electrons. The van der Waals surface area contributed by atoms with E-state index in [1.54, 1.807) is 67.6 Å². The monoisotopic (exact) mass is 637 g/mol. The standard InChI is InChI=1S/C35H28FN3O6S/c1-2-45-35(44)24-14-16-27(17-15-24)39-31(40)21-30(34(39)43)46-28-13-7-12-26(20-28)37-33(42)29(19-22-8-6-11-25(36)18-22)38-32(41)23-9-4-3-5-10-23/h3-20,30H,2,21H2,1H3,(H,37,42)(H,38,41)/b29-19-. The molecule has 1 aliphatic heterocycles. The summed E-state index contributed by atoms with van der Waals surface area (Å²) in [5.41, 5.74) is 1.62. The molecule has 1 atom stereocenters. The number of amides is 4. The van der Waals surface area contributed by atoms with E-state index in [-0.39, 0.29) is 24.6 Å². The first-order valence-electron chi connectivity index (χ1n) is 14.3. The number of thioether (sulfide) groups is 1. The van der Waals surface area contributed by atoms with Gasteiger partial charge in [-0.25, -0.2) is 14.1 Å². The van der Waals surface area contributed by atoms with E-state index < -0.39 is 34.8 Å². The second-order valence-electron chi connectivity index (χ2n) is 10.1. The first kappa shape index (κ1) is 31.9. The van der Waals surface area contributed by atoms with Gasteiger partial charge >= 0.3 is 5.97 Å². The van der Waals surface area contributed by atoms with Crippen LogP contribution < -0.4 is 15.5 Å². The summed E-state index contributed by atoms with van der Waals surface area (Å²) in [7, 11) is 0. The number of nitrogens with zero attached hydrogens (tertiary/aromatic N) is 1. The number of anilines is 2. The van der Waals surface area contributed by atoms with Crippen molar-refractivity contribution >= 4 is 58.8 Å². The van der Waals surface area contributed by atoms with Crippen molar-refractivity contribution in [2.24, 2.45) is 0 Å². The minimum atomic E-state index is -0.711. The fraction of sp³-hybridized carbons (Fsp3) is 0.114. The van der Waals surface area contributed by atoms with Gasteiger partial charge in [0, 0.05) is 22.6 Å². The number of imide groups is 1. The summed E-state index contributed by atoms with van der Waals surface area (Å²) in [6, 6.07) is 26.7. The molecule has 1 saturated heterocycles. The summed E-state index contributed by atoms with van der Waals surface area (Å²) in [4.78, 5) is 66.0. The molecule has 1 aliphatic rings. The molecule has 11 heteroatoms. The van der Waals surface area contributed by atoms with Gasteiger partial charge in [-0.15, -0.1) is 11.8 Å². The summed E-state index contributed by atoms with van der Waals surface area (Å²) >= 11 is 1.17. The number of nitrogens with one attached hydrogen (secondary N) is 2. The van der Waals surface area contributed by atoms with Crippen LogP contribution in [-0.2, 0) is 19.1 Å². The van der Waals surface area contributed by atoms with E-state index in [0.29, 0.717) is 33.0 Å². The number of ether oxygens (including phenoxy) is 1. The smallest absolute Gasteiger partial charge is 0.338 e. The van der Waals surface area contributed by atoms with Crippen molar-refractivity contribution < 1.29 is 33.1 Å². The molecule has 5 rings (SSSR count). The second-order valence-corrected chi connectivity index (χ2v) is 11.3. The Morgan fingerprint density at radius 2 is 1.65 bits per heavy atom. The van der Waals surface area contributed by atoms with Gasteiger partial charge in [0.2, 0.25) is 11.8 Å². The lowest BCUT2D eigenvalue weighted by Crippen LogP contribution is -2.31. The van der Waals surface area contributed by atoms with Crippen LogP contribution in [0.1, 0.15) is 39.6 Å². The van der Waals surface area contributed by atoms with Crippen LogP contribution in [0.2, 0.25) is 0 Å². The van der Waals surface area contributed by atoms with Gasteiger partial charge in [-0.2, -0.15) is 0 Å². The molecule has 0 bridgehead atoms. The van der Waals surface area contributed by atoms with Crippen LogP contribution >= 0.6 is 11.8 Å². The highest BCUT2D eigenvalue weighted by Crippen LogP contribution is 2.35. The zero-order valence-electron chi connectivity index (χ0n) is 24.6. The van der Waals surface area contributed by atoms with E-state index in [1.807, 2.05) is 0 Å². The predicted molar refractivity (Wildman–Crippen MR) is 173 cm³/mol. The Balaban J connectivity index is 1.30. The highest BCUT2D eigenvalue weighted by Gasteiger charge is 2.40. The normalized spacial score (nSPS) is 14.6. The number of esters is 1. The molecule has 2 N–H and O–H groups in total. The second kappa shape index (κ2) is 14.5. The van der Waals surface area contributed by atoms with Crippen molar-refractivity contribution in [1.82, 2.24) is 5.32 Å². The fourth-order valence-electron chi connectivity index (χ4n) is 4.64. The molecule has 0 saturated carbocycles. The van der Waals surface area contributed by atoms with E-state index in [1.165, 1.54) is 60.3 Å². The van der Waals surface area contributed by atoms with Gasteiger partial charge in [-0.3, -0.25) is 19.2 Å². The van der Waals surface area contributed by atoms with Crippen molar-refractivity contribution in [1.29, 1.82) is 0 Å². The van der Waals surface area contributed by atoms with Gasteiger partial charge in [0.25, 0.3) is 11.8 Å². The van der Waals surface area contributed by atoms with Gasteiger partial charge in [-0.05, 0) is 85.3 Å². The molecule has 9 nitrogen and oxygen atoms in total. The molecule has 1 unspecified atom stereocenters. The number of hydrogen-bond acceptors (Lipinski definition) is 7. The zero-order valence-corrected chi connectivity index (χ0v) is 25.4. The van der Waals surface area contributed by atoms with E-state index in [2.05, 4.69) is 10.6 Å². The summed E-state index contributed by atoms with van der Waals surface area (Å²) < 4.78 is 18.8. The van der Waals surface area contributed by atoms with Gasteiger partial charge < -0.3 is 15.4 Å². The summed E-state index contributed by atoms with van der Waals surface area (Å²) in [6.45, 7) is 1.93.